The normalized spacial score (nSPS) is 13.7. The number of aromatic nitrogens is 1. The number of carbonyl (C=O) groups excluding carboxylic acids is 1. The molecule has 0 amide bonds. The first-order valence-corrected chi connectivity index (χ1v) is 5.96. The molecule has 0 radical (unpaired) electrons. The second-order valence-electron chi connectivity index (χ2n) is 3.54. The van der Waals surface area contributed by atoms with Crippen LogP contribution in [0.1, 0.15) is 25.7 Å². The van der Waals surface area contributed by atoms with Gasteiger partial charge in [0.15, 0.2) is 5.12 Å². The van der Waals surface area contributed by atoms with E-state index in [1.807, 2.05) is 18.2 Å². The van der Waals surface area contributed by atoms with Crippen LogP contribution < -0.4 is 0 Å². The van der Waals surface area contributed by atoms with Crippen LogP contribution in [0, 0.1) is 0 Å². The molecule has 0 aromatic carbocycles. The number of allylic oxidation sites excluding steroid dienone is 2. The van der Waals surface area contributed by atoms with Crippen molar-refractivity contribution >= 4 is 16.9 Å². The van der Waals surface area contributed by atoms with E-state index in [2.05, 4.69) is 11.1 Å². The summed E-state index contributed by atoms with van der Waals surface area (Å²) in [6, 6.07) is 5.61. The molecule has 0 spiro atoms. The molecule has 15 heavy (non-hydrogen) atoms. The Kier molecular flexibility index (Phi) is 3.56. The summed E-state index contributed by atoms with van der Waals surface area (Å²) in [5.74, 6) is 0. The smallest absolute Gasteiger partial charge is 0.195 e. The monoisotopic (exact) mass is 219 g/mol. The standard InChI is InChI=1S/C12H13NOS/c14-12(6-3-4-10-7-8-10)15-11-5-1-2-9-13-11/h1-2,4-5,9H,3,6-8H2. The molecule has 0 bridgehead atoms. The number of rotatable bonds is 4. The zero-order valence-corrected chi connectivity index (χ0v) is 9.30. The summed E-state index contributed by atoms with van der Waals surface area (Å²) in [5.41, 5.74) is 1.51. The number of nitrogens with zero attached hydrogens (tertiary/aromatic N) is 1. The van der Waals surface area contributed by atoms with Gasteiger partial charge in [0.1, 0.15) is 5.03 Å². The molecule has 0 unspecified atom stereocenters. The third-order valence-electron chi connectivity index (χ3n) is 2.18. The number of pyridine rings is 1. The Balaban J connectivity index is 1.74. The molecule has 2 nitrogen and oxygen atoms in total. The van der Waals surface area contributed by atoms with Gasteiger partial charge in [0, 0.05) is 12.6 Å². The van der Waals surface area contributed by atoms with Crippen LogP contribution in [0.25, 0.3) is 0 Å². The number of hydrogen-bond acceptors (Lipinski definition) is 3. The number of carbonyl (C=O) groups is 1. The van der Waals surface area contributed by atoms with E-state index in [9.17, 15) is 4.79 Å². The van der Waals surface area contributed by atoms with E-state index >= 15 is 0 Å². The van der Waals surface area contributed by atoms with Crippen molar-refractivity contribution in [2.45, 2.75) is 30.7 Å². The first-order chi connectivity index (χ1) is 7.34. The van der Waals surface area contributed by atoms with Crippen molar-refractivity contribution in [2.24, 2.45) is 0 Å². The van der Waals surface area contributed by atoms with Gasteiger partial charge in [-0.1, -0.05) is 17.7 Å². The molecule has 0 saturated heterocycles. The SMILES string of the molecule is O=C(CCC=C1CC1)Sc1ccccn1. The minimum Gasteiger partial charge on any atom is -0.287 e. The van der Waals surface area contributed by atoms with Crippen molar-refractivity contribution in [3.8, 4) is 0 Å². The van der Waals surface area contributed by atoms with Gasteiger partial charge in [-0.15, -0.1) is 0 Å². The van der Waals surface area contributed by atoms with E-state index < -0.39 is 0 Å². The second kappa shape index (κ2) is 5.12. The Bertz CT molecular complexity index is 366. The molecule has 1 aliphatic carbocycles. The first-order valence-electron chi connectivity index (χ1n) is 5.14. The lowest BCUT2D eigenvalue weighted by atomic mass is 10.3. The minimum absolute atomic E-state index is 0.200. The van der Waals surface area contributed by atoms with E-state index in [0.717, 1.165) is 11.4 Å². The van der Waals surface area contributed by atoms with Gasteiger partial charge < -0.3 is 0 Å². The van der Waals surface area contributed by atoms with Crippen LogP contribution >= 0.6 is 11.8 Å². The van der Waals surface area contributed by atoms with Crippen LogP contribution in [0.3, 0.4) is 0 Å². The van der Waals surface area contributed by atoms with E-state index in [1.165, 1.54) is 30.2 Å². The van der Waals surface area contributed by atoms with Crippen molar-refractivity contribution in [2.75, 3.05) is 0 Å². The molecule has 1 fully saturated rings. The van der Waals surface area contributed by atoms with Crippen LogP contribution in [0.5, 0.6) is 0 Å². The summed E-state index contributed by atoms with van der Waals surface area (Å²) in [6.07, 6.45) is 7.88. The van der Waals surface area contributed by atoms with E-state index in [1.54, 1.807) is 6.20 Å². The Hall–Kier alpha value is -1.09. The molecule has 0 aliphatic heterocycles. The maximum Gasteiger partial charge on any atom is 0.195 e. The maximum absolute atomic E-state index is 11.5. The summed E-state index contributed by atoms with van der Waals surface area (Å²) >= 11 is 1.24. The molecule has 1 heterocycles. The average molecular weight is 219 g/mol. The van der Waals surface area contributed by atoms with Gasteiger partial charge >= 0.3 is 0 Å². The van der Waals surface area contributed by atoms with Crippen LogP contribution in [0.2, 0.25) is 0 Å². The van der Waals surface area contributed by atoms with Crippen LogP contribution in [0.4, 0.5) is 0 Å². The third-order valence-corrected chi connectivity index (χ3v) is 3.06. The second-order valence-corrected chi connectivity index (χ2v) is 4.62. The quantitative estimate of drug-likeness (QED) is 0.575. The van der Waals surface area contributed by atoms with Crippen LogP contribution in [0.15, 0.2) is 41.1 Å². The average Bonchev–Trinajstić information content (AvgIpc) is 3.03. The summed E-state index contributed by atoms with van der Waals surface area (Å²) in [7, 11) is 0. The van der Waals surface area contributed by atoms with Crippen molar-refractivity contribution in [3.63, 3.8) is 0 Å². The molecular formula is C12H13NOS. The third kappa shape index (κ3) is 3.88. The Labute approximate surface area is 93.8 Å². The van der Waals surface area contributed by atoms with Crippen LogP contribution in [-0.4, -0.2) is 10.1 Å². The molecule has 0 atom stereocenters. The maximum atomic E-state index is 11.5. The van der Waals surface area contributed by atoms with Crippen LogP contribution in [-0.2, 0) is 4.79 Å². The highest BCUT2D eigenvalue weighted by molar-refractivity contribution is 8.13. The lowest BCUT2D eigenvalue weighted by Crippen LogP contribution is -1.91. The molecule has 3 heteroatoms. The van der Waals surface area contributed by atoms with Gasteiger partial charge in [0.05, 0.1) is 0 Å². The zero-order chi connectivity index (χ0) is 10.5. The van der Waals surface area contributed by atoms with Gasteiger partial charge in [-0.25, -0.2) is 4.98 Å². The highest BCUT2D eigenvalue weighted by Crippen LogP contribution is 2.28. The Morgan fingerprint density at radius 2 is 2.33 bits per heavy atom. The van der Waals surface area contributed by atoms with Gasteiger partial charge in [0.25, 0.3) is 0 Å². The van der Waals surface area contributed by atoms with E-state index in [0.29, 0.717) is 6.42 Å². The molecule has 1 aromatic heterocycles. The molecule has 78 valence electrons. The fraction of sp³-hybridized carbons (Fsp3) is 0.333. The predicted octanol–water partition coefficient (Wildman–Crippen LogP) is 3.20. The van der Waals surface area contributed by atoms with Gasteiger partial charge in [-0.2, -0.15) is 0 Å². The predicted molar refractivity (Wildman–Crippen MR) is 61.7 cm³/mol. The largest absolute Gasteiger partial charge is 0.287 e. The molecule has 1 saturated carbocycles. The lowest BCUT2D eigenvalue weighted by Gasteiger charge is -1.97. The number of hydrogen-bond donors (Lipinski definition) is 0. The summed E-state index contributed by atoms with van der Waals surface area (Å²) < 4.78 is 0. The van der Waals surface area contributed by atoms with Gasteiger partial charge in [0.2, 0.25) is 0 Å². The number of thioether (sulfide) groups is 1. The lowest BCUT2D eigenvalue weighted by molar-refractivity contribution is -0.110. The first kappa shape index (κ1) is 10.4. The minimum atomic E-state index is 0.200. The fourth-order valence-corrected chi connectivity index (χ4v) is 1.96. The van der Waals surface area contributed by atoms with Crippen molar-refractivity contribution in [1.29, 1.82) is 0 Å². The highest BCUT2D eigenvalue weighted by Gasteiger charge is 2.10. The van der Waals surface area contributed by atoms with Crippen molar-refractivity contribution < 1.29 is 4.79 Å². The van der Waals surface area contributed by atoms with Gasteiger partial charge in [-0.05, 0) is 43.2 Å². The van der Waals surface area contributed by atoms with Crippen molar-refractivity contribution in [3.05, 3.63) is 36.0 Å². The molecule has 2 rings (SSSR count). The molecule has 1 aliphatic rings. The topological polar surface area (TPSA) is 30.0 Å². The zero-order valence-electron chi connectivity index (χ0n) is 8.48. The van der Waals surface area contributed by atoms with Gasteiger partial charge in [-0.3, -0.25) is 4.79 Å². The molecule has 1 aromatic rings. The van der Waals surface area contributed by atoms with Crippen molar-refractivity contribution in [1.82, 2.24) is 4.98 Å². The Morgan fingerprint density at radius 1 is 1.47 bits per heavy atom. The summed E-state index contributed by atoms with van der Waals surface area (Å²) in [6.45, 7) is 0. The summed E-state index contributed by atoms with van der Waals surface area (Å²) in [4.78, 5) is 15.6. The summed E-state index contributed by atoms with van der Waals surface area (Å²) in [5, 5.41) is 0.993. The fourth-order valence-electron chi connectivity index (χ4n) is 1.25. The van der Waals surface area contributed by atoms with E-state index in [4.69, 9.17) is 0 Å². The highest BCUT2D eigenvalue weighted by atomic mass is 32.2. The Morgan fingerprint density at radius 3 is 3.00 bits per heavy atom. The van der Waals surface area contributed by atoms with E-state index in [-0.39, 0.29) is 5.12 Å². The molecular weight excluding hydrogens is 206 g/mol. The molecule has 0 N–H and O–H groups in total.